The zero-order chi connectivity index (χ0) is 27.8. The van der Waals surface area contributed by atoms with Crippen LogP contribution in [0.5, 0.6) is 0 Å². The Balaban J connectivity index is 1.80. The van der Waals surface area contributed by atoms with Crippen molar-refractivity contribution < 1.29 is 23.7 Å². The first-order chi connectivity index (χ1) is 18.7. The predicted molar refractivity (Wildman–Crippen MR) is 144 cm³/mol. The number of non-ortho nitro benzene ring substituents is 1. The van der Waals surface area contributed by atoms with Crippen LogP contribution < -0.4 is 5.73 Å². The third-order valence-corrected chi connectivity index (χ3v) is 8.25. The quantitative estimate of drug-likeness (QED) is 0.193. The van der Waals surface area contributed by atoms with Crippen molar-refractivity contribution in [1.82, 2.24) is 4.90 Å². The molecule has 1 aliphatic heterocycles. The lowest BCUT2D eigenvalue weighted by molar-refractivity contribution is -0.385. The molecule has 10 heteroatoms. The van der Waals surface area contributed by atoms with E-state index in [1.165, 1.54) is 34.4 Å². The number of nitro groups is 1. The van der Waals surface area contributed by atoms with Gasteiger partial charge in [-0.2, -0.15) is 0 Å². The summed E-state index contributed by atoms with van der Waals surface area (Å²) in [7, 11) is 0. The van der Waals surface area contributed by atoms with Gasteiger partial charge in [-0.1, -0.05) is 30.3 Å². The van der Waals surface area contributed by atoms with E-state index in [2.05, 4.69) is 0 Å². The van der Waals surface area contributed by atoms with E-state index in [0.29, 0.717) is 16.9 Å². The molecule has 0 aliphatic carbocycles. The van der Waals surface area contributed by atoms with Crippen molar-refractivity contribution in [3.8, 4) is 0 Å². The number of primary amides is 1. The van der Waals surface area contributed by atoms with Crippen LogP contribution in [-0.4, -0.2) is 33.5 Å². The third-order valence-electron chi connectivity index (χ3n) is 7.13. The van der Waals surface area contributed by atoms with Crippen LogP contribution in [-0.2, 0) is 4.79 Å². The van der Waals surface area contributed by atoms with Crippen LogP contribution in [0.4, 0.5) is 5.69 Å². The Morgan fingerprint density at radius 1 is 1.00 bits per heavy atom. The van der Waals surface area contributed by atoms with Crippen LogP contribution >= 0.6 is 11.3 Å². The number of carbonyl (C=O) groups excluding carboxylic acids is 3. The third kappa shape index (κ3) is 4.63. The molecule has 1 aliphatic rings. The van der Waals surface area contributed by atoms with Crippen molar-refractivity contribution in [2.75, 3.05) is 0 Å². The molecule has 9 nitrogen and oxygen atoms in total. The zero-order valence-electron chi connectivity index (χ0n) is 21.1. The topological polar surface area (TPSA) is 137 Å². The first-order valence-corrected chi connectivity index (χ1v) is 13.1. The first kappa shape index (κ1) is 26.1. The first-order valence-electron chi connectivity index (χ1n) is 12.2. The van der Waals surface area contributed by atoms with Gasteiger partial charge in [-0.15, -0.1) is 11.3 Å². The maximum Gasteiger partial charge on any atom is 0.269 e. The number of Topliss-reactive ketones (excluding diaryl/α,β-unsaturated/α-hetero) is 1. The molecular weight excluding hydrogens is 518 g/mol. The van der Waals surface area contributed by atoms with E-state index in [-0.39, 0.29) is 11.4 Å². The number of nitro benzene ring substituents is 1. The summed E-state index contributed by atoms with van der Waals surface area (Å²) in [6.45, 7) is 3.58. The van der Waals surface area contributed by atoms with Crippen molar-refractivity contribution in [2.45, 2.75) is 31.8 Å². The van der Waals surface area contributed by atoms with Gasteiger partial charge < -0.3 is 15.1 Å². The van der Waals surface area contributed by atoms with E-state index in [9.17, 15) is 24.5 Å². The van der Waals surface area contributed by atoms with Crippen LogP contribution in [0.3, 0.4) is 0 Å². The summed E-state index contributed by atoms with van der Waals surface area (Å²) >= 11 is 1.37. The average Bonchev–Trinajstić information content (AvgIpc) is 3.64. The van der Waals surface area contributed by atoms with Crippen molar-refractivity contribution in [3.05, 3.63) is 121 Å². The fourth-order valence-electron chi connectivity index (χ4n) is 5.47. The Labute approximate surface area is 228 Å². The van der Waals surface area contributed by atoms with E-state index in [1.54, 1.807) is 55.5 Å². The second kappa shape index (κ2) is 10.3. The normalized spacial score (nSPS) is 20.6. The van der Waals surface area contributed by atoms with Gasteiger partial charge in [0.25, 0.3) is 11.6 Å². The van der Waals surface area contributed by atoms with Gasteiger partial charge in [0.2, 0.25) is 11.7 Å². The molecular formula is C29H25N3O6S. The number of hydrogen-bond donors (Lipinski definition) is 1. The molecule has 2 N–H and O–H groups in total. The van der Waals surface area contributed by atoms with Crippen LogP contribution in [0.25, 0.3) is 0 Å². The molecule has 1 fully saturated rings. The lowest BCUT2D eigenvalue weighted by atomic mass is 9.79. The smallest absolute Gasteiger partial charge is 0.269 e. The Kier molecular flexibility index (Phi) is 6.88. The lowest BCUT2D eigenvalue weighted by Crippen LogP contribution is -2.46. The maximum atomic E-state index is 14.2. The molecule has 0 bridgehead atoms. The van der Waals surface area contributed by atoms with E-state index >= 15 is 0 Å². The van der Waals surface area contributed by atoms with Gasteiger partial charge in [-0.25, -0.2) is 0 Å². The number of aryl methyl sites for hydroxylation is 2. The summed E-state index contributed by atoms with van der Waals surface area (Å²) in [5.74, 6) is -2.94. The van der Waals surface area contributed by atoms with E-state index < -0.39 is 46.4 Å². The number of nitrogens with zero attached hydrogens (tertiary/aromatic N) is 2. The number of nitrogens with two attached hydrogens (primary N) is 1. The average molecular weight is 544 g/mol. The Hall–Kier alpha value is -4.57. The van der Waals surface area contributed by atoms with Gasteiger partial charge in [-0.05, 0) is 60.7 Å². The minimum Gasteiger partial charge on any atom is -0.458 e. The largest absolute Gasteiger partial charge is 0.458 e. The van der Waals surface area contributed by atoms with Crippen LogP contribution in [0.1, 0.15) is 54.6 Å². The Bertz CT molecular complexity index is 1580. The molecule has 4 aromatic rings. The van der Waals surface area contributed by atoms with Crippen LogP contribution in [0, 0.1) is 29.9 Å². The second-order valence-corrected chi connectivity index (χ2v) is 10.5. The minimum atomic E-state index is -1.20. The van der Waals surface area contributed by atoms with Gasteiger partial charge in [0.15, 0.2) is 5.76 Å². The molecule has 3 heterocycles. The molecule has 1 saturated heterocycles. The number of likely N-dealkylation sites (tertiary alicyclic amines) is 1. The van der Waals surface area contributed by atoms with Crippen molar-refractivity contribution in [1.29, 1.82) is 0 Å². The SMILES string of the molecule is Cc1ccc(C(=O)C2C(c3sccc3C)C(C(N)=O)N(C(=O)c3ccccc3)C2c2cccc([N+](=O)[O-])c2)o1. The summed E-state index contributed by atoms with van der Waals surface area (Å²) < 4.78 is 5.70. The Morgan fingerprint density at radius 2 is 1.74 bits per heavy atom. The summed E-state index contributed by atoms with van der Waals surface area (Å²) in [6, 6.07) is 17.0. The van der Waals surface area contributed by atoms with Gasteiger partial charge in [0, 0.05) is 28.5 Å². The monoisotopic (exact) mass is 543 g/mol. The van der Waals surface area contributed by atoms with E-state index in [1.807, 2.05) is 18.4 Å². The standard InChI is InChI=1S/C29H25N3O6S/c1-16-13-14-39-27(16)23-22(26(33)21-12-11-17(2)38-21)24(19-9-6-10-20(15-19)32(36)37)31(25(23)28(30)34)29(35)18-7-4-3-5-8-18/h3-15,22-25H,1-2H3,(H2,30,34). The number of ketones is 1. The fraction of sp³-hybridized carbons (Fsp3) is 0.207. The predicted octanol–water partition coefficient (Wildman–Crippen LogP) is 5.20. The molecule has 0 radical (unpaired) electrons. The minimum absolute atomic E-state index is 0.0735. The second-order valence-electron chi connectivity index (χ2n) is 9.52. The molecule has 4 unspecified atom stereocenters. The van der Waals surface area contributed by atoms with Crippen LogP contribution in [0.2, 0.25) is 0 Å². The molecule has 0 spiro atoms. The number of hydrogen-bond acceptors (Lipinski definition) is 7. The number of thiophene rings is 1. The molecule has 4 atom stereocenters. The number of furan rings is 1. The van der Waals surface area contributed by atoms with Gasteiger partial charge in [0.05, 0.1) is 16.9 Å². The Morgan fingerprint density at radius 3 is 2.33 bits per heavy atom. The molecule has 5 rings (SSSR count). The van der Waals surface area contributed by atoms with E-state index in [4.69, 9.17) is 10.2 Å². The molecule has 2 aromatic heterocycles. The van der Waals surface area contributed by atoms with Crippen molar-refractivity contribution in [3.63, 3.8) is 0 Å². The molecule has 39 heavy (non-hydrogen) atoms. The molecule has 198 valence electrons. The number of amides is 2. The van der Waals surface area contributed by atoms with Gasteiger partial charge in [0.1, 0.15) is 11.8 Å². The van der Waals surface area contributed by atoms with Gasteiger partial charge in [-0.3, -0.25) is 24.5 Å². The number of benzene rings is 2. The number of carbonyl (C=O) groups is 3. The van der Waals surface area contributed by atoms with Gasteiger partial charge >= 0.3 is 0 Å². The summed E-state index contributed by atoms with van der Waals surface area (Å²) in [5.41, 5.74) is 7.28. The summed E-state index contributed by atoms with van der Waals surface area (Å²) in [4.78, 5) is 54.8. The highest BCUT2D eigenvalue weighted by molar-refractivity contribution is 7.10. The van der Waals surface area contributed by atoms with Crippen molar-refractivity contribution in [2.24, 2.45) is 11.7 Å². The zero-order valence-corrected chi connectivity index (χ0v) is 22.0. The molecule has 2 amide bonds. The molecule has 0 saturated carbocycles. The fourth-order valence-corrected chi connectivity index (χ4v) is 6.57. The van der Waals surface area contributed by atoms with E-state index in [0.717, 1.165) is 10.4 Å². The highest BCUT2D eigenvalue weighted by atomic mass is 32.1. The maximum absolute atomic E-state index is 14.2. The highest BCUT2D eigenvalue weighted by Crippen LogP contribution is 2.53. The van der Waals surface area contributed by atoms with Crippen LogP contribution in [0.15, 0.2) is 82.6 Å². The molecule has 2 aromatic carbocycles. The summed E-state index contributed by atoms with van der Waals surface area (Å²) in [6.07, 6.45) is 0. The summed E-state index contributed by atoms with van der Waals surface area (Å²) in [5, 5.41) is 13.5. The van der Waals surface area contributed by atoms with Crippen molar-refractivity contribution >= 4 is 34.6 Å². The number of rotatable bonds is 7. The lowest BCUT2D eigenvalue weighted by Gasteiger charge is -2.30. The highest BCUT2D eigenvalue weighted by Gasteiger charge is 2.58.